The number of carbonyl (C=O) groups excluding carboxylic acids is 1. The van der Waals surface area contributed by atoms with E-state index >= 15 is 0 Å². The highest BCUT2D eigenvalue weighted by Crippen LogP contribution is 2.21. The molecule has 5 nitrogen and oxygen atoms in total. The van der Waals surface area contributed by atoms with Crippen LogP contribution < -0.4 is 10.6 Å². The van der Waals surface area contributed by atoms with Crippen LogP contribution in [0.4, 0.5) is 5.69 Å². The molecule has 0 bridgehead atoms. The summed E-state index contributed by atoms with van der Waals surface area (Å²) in [6.45, 7) is 6.81. The molecule has 0 aliphatic carbocycles. The zero-order valence-electron chi connectivity index (χ0n) is 14.7. The molecule has 1 atom stereocenters. The smallest absolute Gasteiger partial charge is 0.239 e. The summed E-state index contributed by atoms with van der Waals surface area (Å²) >= 11 is 0. The van der Waals surface area contributed by atoms with Gasteiger partial charge in [-0.05, 0) is 43.4 Å². The fraction of sp³-hybridized carbons (Fsp3) is 0.611. The van der Waals surface area contributed by atoms with Crippen molar-refractivity contribution in [1.29, 1.82) is 0 Å². The highest BCUT2D eigenvalue weighted by molar-refractivity contribution is 5.85. The monoisotopic (exact) mass is 389 g/mol. The Morgan fingerprint density at radius 3 is 2.40 bits per heavy atom. The normalized spacial score (nSPS) is 19.6. The van der Waals surface area contributed by atoms with Crippen LogP contribution >= 0.6 is 24.8 Å². The van der Waals surface area contributed by atoms with Crippen molar-refractivity contribution >= 4 is 36.4 Å². The number of amides is 1. The first-order valence-corrected chi connectivity index (χ1v) is 8.59. The summed E-state index contributed by atoms with van der Waals surface area (Å²) in [5.74, 6) is 0.381. The molecule has 7 heteroatoms. The summed E-state index contributed by atoms with van der Waals surface area (Å²) in [7, 11) is 0. The number of hydrogen-bond donors (Lipinski definition) is 1. The van der Waals surface area contributed by atoms with Gasteiger partial charge in [-0.25, -0.2) is 0 Å². The Morgan fingerprint density at radius 1 is 1.16 bits per heavy atom. The molecule has 2 heterocycles. The van der Waals surface area contributed by atoms with Crippen molar-refractivity contribution in [2.75, 3.05) is 44.3 Å². The molecule has 0 saturated carbocycles. The summed E-state index contributed by atoms with van der Waals surface area (Å²) in [5, 5.41) is 0. The second-order valence-corrected chi connectivity index (χ2v) is 6.63. The van der Waals surface area contributed by atoms with Gasteiger partial charge in [0.15, 0.2) is 0 Å². The molecule has 0 radical (unpaired) electrons. The van der Waals surface area contributed by atoms with Crippen molar-refractivity contribution in [3.8, 4) is 0 Å². The number of anilines is 1. The first-order chi connectivity index (χ1) is 11.1. The van der Waals surface area contributed by atoms with E-state index in [0.717, 1.165) is 52.2 Å². The van der Waals surface area contributed by atoms with Crippen molar-refractivity contribution in [2.24, 2.45) is 11.7 Å². The van der Waals surface area contributed by atoms with E-state index in [4.69, 9.17) is 10.5 Å². The van der Waals surface area contributed by atoms with Crippen molar-refractivity contribution in [3.63, 3.8) is 0 Å². The largest absolute Gasteiger partial charge is 0.381 e. The van der Waals surface area contributed by atoms with Crippen molar-refractivity contribution < 1.29 is 9.53 Å². The lowest BCUT2D eigenvalue weighted by Crippen LogP contribution is -2.55. The first-order valence-electron chi connectivity index (χ1n) is 8.59. The maximum Gasteiger partial charge on any atom is 0.239 e. The molecule has 0 spiro atoms. The molecule has 1 unspecified atom stereocenters. The molecule has 0 aromatic heterocycles. The van der Waals surface area contributed by atoms with Gasteiger partial charge in [0.05, 0.1) is 6.04 Å². The van der Waals surface area contributed by atoms with Gasteiger partial charge in [0, 0.05) is 45.1 Å². The van der Waals surface area contributed by atoms with E-state index < -0.39 is 0 Å². The van der Waals surface area contributed by atoms with Gasteiger partial charge in [-0.3, -0.25) is 4.79 Å². The lowest BCUT2D eigenvalue weighted by atomic mass is 9.91. The molecule has 2 fully saturated rings. The SMILES string of the molecule is Cc1cccc(N2CCN(C(=O)C(N)C3CCOCC3)CC2)c1.Cl.Cl. The average Bonchev–Trinajstić information content (AvgIpc) is 2.61. The molecule has 1 aromatic rings. The second-order valence-electron chi connectivity index (χ2n) is 6.63. The summed E-state index contributed by atoms with van der Waals surface area (Å²) in [6, 6.07) is 8.16. The number of carbonyl (C=O) groups is 1. The minimum atomic E-state index is -0.371. The maximum atomic E-state index is 12.6. The molecule has 2 saturated heterocycles. The number of halogens is 2. The zero-order valence-corrected chi connectivity index (χ0v) is 16.4. The predicted octanol–water partition coefficient (Wildman–Crippen LogP) is 2.24. The number of aryl methyl sites for hydroxylation is 1. The number of nitrogens with zero attached hydrogens (tertiary/aromatic N) is 2. The minimum absolute atomic E-state index is 0. The number of ether oxygens (including phenoxy) is 1. The number of hydrogen-bond acceptors (Lipinski definition) is 4. The molecule has 2 aliphatic heterocycles. The molecule has 2 N–H and O–H groups in total. The quantitative estimate of drug-likeness (QED) is 0.860. The number of piperazine rings is 1. The van der Waals surface area contributed by atoms with Gasteiger partial charge in [-0.2, -0.15) is 0 Å². The highest BCUT2D eigenvalue weighted by atomic mass is 35.5. The van der Waals surface area contributed by atoms with Crippen LogP contribution in [0.3, 0.4) is 0 Å². The van der Waals surface area contributed by atoms with Gasteiger partial charge in [0.1, 0.15) is 0 Å². The van der Waals surface area contributed by atoms with E-state index in [1.54, 1.807) is 0 Å². The Labute approximate surface area is 162 Å². The topological polar surface area (TPSA) is 58.8 Å². The van der Waals surface area contributed by atoms with Crippen LogP contribution in [0, 0.1) is 12.8 Å². The van der Waals surface area contributed by atoms with Gasteiger partial charge in [0.25, 0.3) is 0 Å². The predicted molar refractivity (Wildman–Crippen MR) is 106 cm³/mol. The Bertz CT molecular complexity index is 545. The van der Waals surface area contributed by atoms with Gasteiger partial charge >= 0.3 is 0 Å². The average molecular weight is 390 g/mol. The third kappa shape index (κ3) is 5.48. The third-order valence-corrected chi connectivity index (χ3v) is 5.02. The van der Waals surface area contributed by atoms with Crippen LogP contribution in [0.15, 0.2) is 24.3 Å². The fourth-order valence-corrected chi connectivity index (χ4v) is 3.50. The fourth-order valence-electron chi connectivity index (χ4n) is 3.50. The van der Waals surface area contributed by atoms with E-state index in [0.29, 0.717) is 0 Å². The van der Waals surface area contributed by atoms with E-state index in [-0.39, 0.29) is 42.7 Å². The lowest BCUT2D eigenvalue weighted by Gasteiger charge is -2.38. The van der Waals surface area contributed by atoms with Crippen molar-refractivity contribution in [1.82, 2.24) is 4.90 Å². The van der Waals surface area contributed by atoms with Gasteiger partial charge in [0.2, 0.25) is 5.91 Å². The maximum absolute atomic E-state index is 12.6. The Kier molecular flexibility index (Phi) is 9.00. The Balaban J connectivity index is 0.00000156. The molecule has 1 amide bonds. The minimum Gasteiger partial charge on any atom is -0.381 e. The highest BCUT2D eigenvalue weighted by Gasteiger charge is 2.31. The van der Waals surface area contributed by atoms with Gasteiger partial charge < -0.3 is 20.3 Å². The van der Waals surface area contributed by atoms with E-state index in [1.807, 2.05) is 4.90 Å². The van der Waals surface area contributed by atoms with E-state index in [1.165, 1.54) is 11.3 Å². The van der Waals surface area contributed by atoms with Gasteiger partial charge in [-0.15, -0.1) is 24.8 Å². The van der Waals surface area contributed by atoms with Gasteiger partial charge in [-0.1, -0.05) is 12.1 Å². The summed E-state index contributed by atoms with van der Waals surface area (Å²) < 4.78 is 5.36. The van der Waals surface area contributed by atoms with Crippen LogP contribution in [0.1, 0.15) is 18.4 Å². The number of benzene rings is 1. The van der Waals surface area contributed by atoms with E-state index in [2.05, 4.69) is 36.1 Å². The zero-order chi connectivity index (χ0) is 16.2. The summed E-state index contributed by atoms with van der Waals surface area (Å²) in [4.78, 5) is 16.9. The molecule has 3 rings (SSSR count). The number of rotatable bonds is 3. The van der Waals surface area contributed by atoms with Crippen LogP contribution in [0.25, 0.3) is 0 Å². The van der Waals surface area contributed by atoms with Crippen molar-refractivity contribution in [3.05, 3.63) is 29.8 Å². The van der Waals surface area contributed by atoms with Crippen LogP contribution in [-0.4, -0.2) is 56.2 Å². The lowest BCUT2D eigenvalue weighted by molar-refractivity contribution is -0.135. The molecular formula is C18H29Cl2N3O2. The summed E-state index contributed by atoms with van der Waals surface area (Å²) in [6.07, 6.45) is 1.80. The van der Waals surface area contributed by atoms with E-state index in [9.17, 15) is 4.79 Å². The molecule has 142 valence electrons. The Morgan fingerprint density at radius 2 is 1.80 bits per heavy atom. The third-order valence-electron chi connectivity index (χ3n) is 5.02. The van der Waals surface area contributed by atoms with Crippen LogP contribution in [0.2, 0.25) is 0 Å². The Hall–Kier alpha value is -1.01. The first kappa shape index (κ1) is 22.0. The molecule has 25 heavy (non-hydrogen) atoms. The molecular weight excluding hydrogens is 361 g/mol. The molecule has 1 aromatic carbocycles. The molecule has 2 aliphatic rings. The van der Waals surface area contributed by atoms with Crippen LogP contribution in [0.5, 0.6) is 0 Å². The van der Waals surface area contributed by atoms with Crippen LogP contribution in [-0.2, 0) is 9.53 Å². The summed E-state index contributed by atoms with van der Waals surface area (Å²) in [5.41, 5.74) is 8.74. The van der Waals surface area contributed by atoms with Crippen molar-refractivity contribution in [2.45, 2.75) is 25.8 Å². The second kappa shape index (κ2) is 10.2. The standard InChI is InChI=1S/C18H27N3O2.2ClH/c1-14-3-2-4-16(13-14)20-7-9-21(10-8-20)18(22)17(19)15-5-11-23-12-6-15;;/h2-4,13,15,17H,5-12,19H2,1H3;2*1H. The number of nitrogens with two attached hydrogens (primary N) is 1.